The van der Waals surface area contributed by atoms with Crippen molar-refractivity contribution in [3.05, 3.63) is 0 Å². The van der Waals surface area contributed by atoms with Crippen molar-refractivity contribution >= 4 is 5.84 Å². The molecule has 1 fully saturated rings. The summed E-state index contributed by atoms with van der Waals surface area (Å²) in [5, 5.41) is 21.0. The van der Waals surface area contributed by atoms with Crippen LogP contribution in [0.5, 0.6) is 0 Å². The van der Waals surface area contributed by atoms with E-state index in [1.54, 1.807) is 0 Å². The predicted molar refractivity (Wildman–Crippen MR) is 58.9 cm³/mol. The molecular weight excluding hydrogens is 194 g/mol. The van der Waals surface area contributed by atoms with E-state index >= 15 is 0 Å². The van der Waals surface area contributed by atoms with Gasteiger partial charge in [-0.25, -0.2) is 0 Å². The molecule has 0 amide bonds. The molecule has 88 valence electrons. The molecule has 5 heteroatoms. The maximum atomic E-state index is 9.73. The van der Waals surface area contributed by atoms with Gasteiger partial charge in [-0.3, -0.25) is 0 Å². The first-order valence-electron chi connectivity index (χ1n) is 5.45. The van der Waals surface area contributed by atoms with Crippen LogP contribution in [0.15, 0.2) is 5.16 Å². The van der Waals surface area contributed by atoms with Crippen molar-refractivity contribution in [1.82, 2.24) is 4.90 Å². The molecule has 1 heterocycles. The van der Waals surface area contributed by atoms with Crippen LogP contribution in [0, 0.1) is 0 Å². The SMILES string of the molecule is CC1(O)CCN(CCCCC(N)=NO)C1. The van der Waals surface area contributed by atoms with Crippen molar-refractivity contribution in [2.75, 3.05) is 19.6 Å². The van der Waals surface area contributed by atoms with E-state index in [-0.39, 0.29) is 0 Å². The number of nitrogens with two attached hydrogens (primary N) is 1. The number of rotatable bonds is 5. The highest BCUT2D eigenvalue weighted by Gasteiger charge is 2.30. The van der Waals surface area contributed by atoms with Crippen LogP contribution in [0.25, 0.3) is 0 Å². The summed E-state index contributed by atoms with van der Waals surface area (Å²) < 4.78 is 0. The fourth-order valence-corrected chi connectivity index (χ4v) is 1.92. The standard InChI is InChI=1S/C10H21N3O2/c1-10(14)5-7-13(8-10)6-3-2-4-9(11)12-15/h14-15H,2-8H2,1H3,(H2,11,12). The van der Waals surface area contributed by atoms with E-state index in [9.17, 15) is 5.11 Å². The number of oxime groups is 1. The predicted octanol–water partition coefficient (Wildman–Crippen LogP) is 0.360. The van der Waals surface area contributed by atoms with Gasteiger partial charge in [-0.1, -0.05) is 5.16 Å². The fraction of sp³-hybridized carbons (Fsp3) is 0.900. The molecular formula is C10H21N3O2. The zero-order chi connectivity index (χ0) is 11.3. The topological polar surface area (TPSA) is 82.1 Å². The molecule has 1 unspecified atom stereocenters. The van der Waals surface area contributed by atoms with E-state index < -0.39 is 5.60 Å². The molecule has 4 N–H and O–H groups in total. The Morgan fingerprint density at radius 2 is 2.27 bits per heavy atom. The van der Waals surface area contributed by atoms with Crippen molar-refractivity contribution in [2.24, 2.45) is 10.9 Å². The van der Waals surface area contributed by atoms with Crippen molar-refractivity contribution in [1.29, 1.82) is 0 Å². The summed E-state index contributed by atoms with van der Waals surface area (Å²) in [6.07, 6.45) is 3.44. The van der Waals surface area contributed by atoms with Gasteiger partial charge in [0.2, 0.25) is 0 Å². The number of hydrogen-bond donors (Lipinski definition) is 3. The van der Waals surface area contributed by atoms with Crippen LogP contribution < -0.4 is 5.73 Å². The van der Waals surface area contributed by atoms with Crippen molar-refractivity contribution in [2.45, 2.75) is 38.2 Å². The number of nitrogens with zero attached hydrogens (tertiary/aromatic N) is 2. The third-order valence-electron chi connectivity index (χ3n) is 2.82. The Balaban J connectivity index is 2.07. The Kier molecular flexibility index (Phi) is 4.35. The molecule has 1 aliphatic heterocycles. The summed E-state index contributed by atoms with van der Waals surface area (Å²) in [5.74, 6) is 0.295. The van der Waals surface area contributed by atoms with Crippen LogP contribution in [0.4, 0.5) is 0 Å². The molecule has 5 nitrogen and oxygen atoms in total. The first kappa shape index (κ1) is 12.3. The number of β-amino-alcohol motifs (C(OH)–C–C–N with tert-alkyl or cyclic N) is 1. The molecule has 0 radical (unpaired) electrons. The minimum atomic E-state index is -0.508. The zero-order valence-electron chi connectivity index (χ0n) is 9.32. The summed E-state index contributed by atoms with van der Waals surface area (Å²) in [5.41, 5.74) is 4.85. The van der Waals surface area contributed by atoms with Crippen molar-refractivity contribution in [3.8, 4) is 0 Å². The Morgan fingerprint density at radius 1 is 1.53 bits per heavy atom. The molecule has 0 aromatic carbocycles. The van der Waals surface area contributed by atoms with Gasteiger partial charge in [-0.2, -0.15) is 0 Å². The highest BCUT2D eigenvalue weighted by molar-refractivity contribution is 5.79. The van der Waals surface area contributed by atoms with Gasteiger partial charge in [0.1, 0.15) is 5.84 Å². The lowest BCUT2D eigenvalue weighted by molar-refractivity contribution is 0.0686. The molecule has 1 atom stereocenters. The van der Waals surface area contributed by atoms with Gasteiger partial charge >= 0.3 is 0 Å². The maximum Gasteiger partial charge on any atom is 0.139 e. The molecule has 1 rings (SSSR count). The quantitative estimate of drug-likeness (QED) is 0.203. The zero-order valence-corrected chi connectivity index (χ0v) is 9.32. The minimum Gasteiger partial charge on any atom is -0.409 e. The molecule has 0 aromatic heterocycles. The summed E-state index contributed by atoms with van der Waals surface area (Å²) in [7, 11) is 0. The Labute approximate surface area is 90.6 Å². The second-order valence-electron chi connectivity index (χ2n) is 4.57. The van der Waals surface area contributed by atoms with Gasteiger partial charge in [0.25, 0.3) is 0 Å². The lowest BCUT2D eigenvalue weighted by Crippen LogP contribution is -2.30. The number of unbranched alkanes of at least 4 members (excludes halogenated alkanes) is 1. The number of likely N-dealkylation sites (tertiary alicyclic amines) is 1. The summed E-state index contributed by atoms with van der Waals surface area (Å²) in [6, 6.07) is 0. The molecule has 0 bridgehead atoms. The Morgan fingerprint density at radius 3 is 2.80 bits per heavy atom. The Bertz CT molecular complexity index is 229. The van der Waals surface area contributed by atoms with Crippen LogP contribution >= 0.6 is 0 Å². The first-order valence-corrected chi connectivity index (χ1v) is 5.45. The average Bonchev–Trinajstić information content (AvgIpc) is 2.52. The molecule has 0 aromatic rings. The number of aliphatic hydroxyl groups is 1. The van der Waals surface area contributed by atoms with E-state index in [4.69, 9.17) is 10.9 Å². The summed E-state index contributed by atoms with van der Waals surface area (Å²) in [6.45, 7) is 4.59. The van der Waals surface area contributed by atoms with Crippen molar-refractivity contribution in [3.63, 3.8) is 0 Å². The fourth-order valence-electron chi connectivity index (χ4n) is 1.92. The van der Waals surface area contributed by atoms with Crippen LogP contribution in [0.3, 0.4) is 0 Å². The summed E-state index contributed by atoms with van der Waals surface area (Å²) in [4.78, 5) is 2.26. The van der Waals surface area contributed by atoms with E-state index in [1.165, 1.54) is 0 Å². The minimum absolute atomic E-state index is 0.295. The van der Waals surface area contributed by atoms with E-state index in [2.05, 4.69) is 10.1 Å². The molecule has 15 heavy (non-hydrogen) atoms. The largest absolute Gasteiger partial charge is 0.409 e. The van der Waals surface area contributed by atoms with E-state index in [0.29, 0.717) is 12.3 Å². The Hall–Kier alpha value is -0.810. The number of hydrogen-bond acceptors (Lipinski definition) is 4. The highest BCUT2D eigenvalue weighted by Crippen LogP contribution is 2.20. The van der Waals surface area contributed by atoms with Gasteiger partial charge in [0, 0.05) is 19.5 Å². The second-order valence-corrected chi connectivity index (χ2v) is 4.57. The van der Waals surface area contributed by atoms with Crippen LogP contribution in [-0.4, -0.2) is 46.3 Å². The molecule has 0 spiro atoms. The van der Waals surface area contributed by atoms with Crippen LogP contribution in [-0.2, 0) is 0 Å². The summed E-state index contributed by atoms with van der Waals surface area (Å²) >= 11 is 0. The van der Waals surface area contributed by atoms with E-state index in [1.807, 2.05) is 6.92 Å². The first-order chi connectivity index (χ1) is 7.03. The lowest BCUT2D eigenvalue weighted by atomic mass is 10.1. The third kappa shape index (κ3) is 4.48. The van der Waals surface area contributed by atoms with Gasteiger partial charge < -0.3 is 20.9 Å². The van der Waals surface area contributed by atoms with Gasteiger partial charge in [0.05, 0.1) is 5.60 Å². The molecule has 1 saturated heterocycles. The monoisotopic (exact) mass is 215 g/mol. The van der Waals surface area contributed by atoms with Gasteiger partial charge in [-0.05, 0) is 32.7 Å². The van der Waals surface area contributed by atoms with Crippen LogP contribution in [0.1, 0.15) is 32.6 Å². The second kappa shape index (κ2) is 5.32. The highest BCUT2D eigenvalue weighted by atomic mass is 16.4. The molecule has 1 aliphatic rings. The maximum absolute atomic E-state index is 9.73. The van der Waals surface area contributed by atoms with Gasteiger partial charge in [0.15, 0.2) is 0 Å². The average molecular weight is 215 g/mol. The van der Waals surface area contributed by atoms with Gasteiger partial charge in [-0.15, -0.1) is 0 Å². The number of amidine groups is 1. The third-order valence-corrected chi connectivity index (χ3v) is 2.82. The lowest BCUT2D eigenvalue weighted by Gasteiger charge is -2.18. The van der Waals surface area contributed by atoms with Crippen molar-refractivity contribution < 1.29 is 10.3 Å². The van der Waals surface area contributed by atoms with E-state index in [0.717, 1.165) is 38.9 Å². The smallest absolute Gasteiger partial charge is 0.139 e. The molecule has 0 saturated carbocycles. The van der Waals surface area contributed by atoms with Crippen LogP contribution in [0.2, 0.25) is 0 Å². The molecule has 0 aliphatic carbocycles. The normalized spacial score (nSPS) is 28.5.